The highest BCUT2D eigenvalue weighted by molar-refractivity contribution is 6.07. The number of rotatable bonds is 4. The maximum Gasteiger partial charge on any atom is 0.343 e. The Kier molecular flexibility index (Phi) is 6.28. The summed E-state index contributed by atoms with van der Waals surface area (Å²) in [4.78, 5) is 29.5. The van der Waals surface area contributed by atoms with E-state index in [1.54, 1.807) is 6.08 Å². The number of ketones is 1. The molecule has 5 aliphatic rings. The Morgan fingerprint density at radius 3 is 2.42 bits per heavy atom. The van der Waals surface area contributed by atoms with Crippen LogP contribution in [0.2, 0.25) is 0 Å². The fraction of sp³-hybridized carbons (Fsp3) is 0.667. The van der Waals surface area contributed by atoms with E-state index >= 15 is 0 Å². The Morgan fingerprint density at radius 2 is 1.74 bits per heavy atom. The Labute approximate surface area is 228 Å². The van der Waals surface area contributed by atoms with Crippen LogP contribution in [0, 0.1) is 27.6 Å². The molecule has 38 heavy (non-hydrogen) atoms. The molecule has 0 spiro atoms. The summed E-state index contributed by atoms with van der Waals surface area (Å²) in [7, 11) is 1.32. The van der Waals surface area contributed by atoms with Gasteiger partial charge >= 0.3 is 5.97 Å². The van der Waals surface area contributed by atoms with Crippen LogP contribution in [-0.4, -0.2) is 37.7 Å². The van der Waals surface area contributed by atoms with Gasteiger partial charge in [-0.2, -0.15) is 0 Å². The zero-order valence-electron chi connectivity index (χ0n) is 24.5. The fourth-order valence-corrected chi connectivity index (χ4v) is 9.19. The fourth-order valence-electron chi connectivity index (χ4n) is 9.19. The van der Waals surface area contributed by atoms with Crippen molar-refractivity contribution in [3.8, 4) is 0 Å². The molecular formula is C33H45NO4. The lowest BCUT2D eigenvalue weighted by molar-refractivity contribution is -0.144. The van der Waals surface area contributed by atoms with E-state index in [-0.39, 0.29) is 39.9 Å². The molecular weight excluding hydrogens is 474 g/mol. The van der Waals surface area contributed by atoms with E-state index in [2.05, 4.69) is 58.5 Å². The van der Waals surface area contributed by atoms with Crippen molar-refractivity contribution in [1.82, 2.24) is 0 Å². The third kappa shape index (κ3) is 3.67. The topological polar surface area (TPSA) is 65.0 Å². The number of carbonyl (C=O) groups excluding carboxylic acids is 2. The van der Waals surface area contributed by atoms with Crippen molar-refractivity contribution in [2.24, 2.45) is 32.6 Å². The summed E-state index contributed by atoms with van der Waals surface area (Å²) in [5, 5.41) is 0. The van der Waals surface area contributed by atoms with E-state index in [0.717, 1.165) is 42.4 Å². The second-order valence-corrected chi connectivity index (χ2v) is 13.9. The standard InChI is InChI=1S/C33H45NO4/c1-21-22-9-10-26-31(4,23(22)19-24(35)28(21)38-20-27(36)37-8)16-18-32(5)25-11-12-30(3,34-7)15-13-29(25,2)14-17-33(26,32)6/h9-10,19,25H,7,11-18,20H2,1-6,8H3/t25-,29+,30-,31-,32-,33+/m0/s1. The second-order valence-electron chi connectivity index (χ2n) is 13.9. The van der Waals surface area contributed by atoms with Crippen LogP contribution in [0.25, 0.3) is 0 Å². The van der Waals surface area contributed by atoms with Gasteiger partial charge in [0, 0.05) is 11.0 Å². The largest absolute Gasteiger partial charge is 0.477 e. The molecule has 5 nitrogen and oxygen atoms in total. The third-order valence-electron chi connectivity index (χ3n) is 12.1. The van der Waals surface area contributed by atoms with Crippen LogP contribution < -0.4 is 0 Å². The van der Waals surface area contributed by atoms with E-state index in [9.17, 15) is 9.59 Å². The lowest BCUT2D eigenvalue weighted by Gasteiger charge is -2.68. The number of esters is 1. The summed E-state index contributed by atoms with van der Waals surface area (Å²) in [5.74, 6) is 0.236. The van der Waals surface area contributed by atoms with E-state index < -0.39 is 5.97 Å². The minimum absolute atomic E-state index is 0.0111. The van der Waals surface area contributed by atoms with Gasteiger partial charge in [-0.15, -0.1) is 0 Å². The first-order valence-electron chi connectivity index (χ1n) is 14.4. The van der Waals surface area contributed by atoms with Gasteiger partial charge in [-0.1, -0.05) is 45.4 Å². The SMILES string of the molecule is C=N[C@@]1(C)CC[C@H]2[C@](C)(CC1)CC[C@]1(C)C3=CC=C4C(=CC(=O)C(OCC(=O)OC)=C4C)[C@]3(C)CC[C@@]21C. The number of ether oxygens (including phenoxy) is 2. The molecule has 0 heterocycles. The summed E-state index contributed by atoms with van der Waals surface area (Å²) < 4.78 is 10.3. The quantitative estimate of drug-likeness (QED) is 0.294. The van der Waals surface area contributed by atoms with E-state index in [1.807, 2.05) is 6.92 Å². The number of aliphatic imine (C=N–C) groups is 1. The molecule has 0 bridgehead atoms. The minimum atomic E-state index is -0.494. The molecule has 0 unspecified atom stereocenters. The molecule has 0 aliphatic heterocycles. The van der Waals surface area contributed by atoms with E-state index in [0.29, 0.717) is 11.3 Å². The zero-order chi connectivity index (χ0) is 27.7. The number of hydrogen-bond donors (Lipinski definition) is 0. The van der Waals surface area contributed by atoms with Gasteiger partial charge in [0.25, 0.3) is 0 Å². The molecule has 0 N–H and O–H groups in total. The summed E-state index contributed by atoms with van der Waals surface area (Å²) in [6, 6.07) is 0. The van der Waals surface area contributed by atoms with Crippen molar-refractivity contribution in [2.45, 2.75) is 98.4 Å². The monoisotopic (exact) mass is 519 g/mol. The van der Waals surface area contributed by atoms with Crippen LogP contribution in [0.5, 0.6) is 0 Å². The van der Waals surface area contributed by atoms with Crippen molar-refractivity contribution in [3.63, 3.8) is 0 Å². The predicted octanol–water partition coefficient (Wildman–Crippen LogP) is 7.09. The summed E-state index contributed by atoms with van der Waals surface area (Å²) in [6.45, 7) is 17.9. The van der Waals surface area contributed by atoms with Crippen molar-refractivity contribution in [1.29, 1.82) is 0 Å². The normalized spacial score (nSPS) is 42.2. The Morgan fingerprint density at radius 1 is 1.03 bits per heavy atom. The van der Waals surface area contributed by atoms with Crippen LogP contribution >= 0.6 is 0 Å². The van der Waals surface area contributed by atoms with Crippen molar-refractivity contribution in [3.05, 3.63) is 46.3 Å². The van der Waals surface area contributed by atoms with Gasteiger partial charge in [0.05, 0.1) is 12.6 Å². The van der Waals surface area contributed by atoms with Crippen molar-refractivity contribution < 1.29 is 19.1 Å². The number of carbonyl (C=O) groups is 2. The van der Waals surface area contributed by atoms with Crippen LogP contribution in [0.4, 0.5) is 0 Å². The van der Waals surface area contributed by atoms with Gasteiger partial charge in [0.1, 0.15) is 0 Å². The zero-order valence-corrected chi connectivity index (χ0v) is 24.5. The summed E-state index contributed by atoms with van der Waals surface area (Å²) in [6.07, 6.45) is 15.6. The van der Waals surface area contributed by atoms with Crippen LogP contribution in [0.3, 0.4) is 0 Å². The molecule has 0 amide bonds. The second kappa shape index (κ2) is 8.79. The smallest absolute Gasteiger partial charge is 0.343 e. The van der Waals surface area contributed by atoms with Gasteiger partial charge in [0.2, 0.25) is 5.78 Å². The van der Waals surface area contributed by atoms with Gasteiger partial charge < -0.3 is 9.47 Å². The average Bonchev–Trinajstić information content (AvgIpc) is 3.02. The molecule has 0 saturated heterocycles. The number of allylic oxidation sites excluding steroid dienone is 7. The van der Waals surface area contributed by atoms with Crippen LogP contribution in [0.15, 0.2) is 51.3 Å². The molecule has 0 aromatic heterocycles. The van der Waals surface area contributed by atoms with Gasteiger partial charge in [0.15, 0.2) is 12.4 Å². The van der Waals surface area contributed by atoms with Crippen LogP contribution in [-0.2, 0) is 19.1 Å². The highest BCUT2D eigenvalue weighted by Crippen LogP contribution is 2.74. The van der Waals surface area contributed by atoms with Gasteiger partial charge in [-0.3, -0.25) is 9.79 Å². The molecule has 0 radical (unpaired) electrons. The van der Waals surface area contributed by atoms with Crippen molar-refractivity contribution in [2.75, 3.05) is 13.7 Å². The van der Waals surface area contributed by atoms with Crippen LogP contribution in [0.1, 0.15) is 92.9 Å². The molecule has 3 saturated carbocycles. The average molecular weight is 520 g/mol. The maximum absolute atomic E-state index is 13.3. The minimum Gasteiger partial charge on any atom is -0.477 e. The molecule has 5 heteroatoms. The van der Waals surface area contributed by atoms with E-state index in [4.69, 9.17) is 9.47 Å². The first-order valence-corrected chi connectivity index (χ1v) is 14.4. The third-order valence-corrected chi connectivity index (χ3v) is 12.1. The molecule has 3 fully saturated rings. The Bertz CT molecular complexity index is 1220. The molecule has 5 rings (SSSR count). The maximum atomic E-state index is 13.3. The van der Waals surface area contributed by atoms with Crippen molar-refractivity contribution >= 4 is 18.5 Å². The Hall–Kier alpha value is -2.43. The summed E-state index contributed by atoms with van der Waals surface area (Å²) in [5.41, 5.74) is 4.83. The van der Waals surface area contributed by atoms with E-state index in [1.165, 1.54) is 38.4 Å². The Balaban J connectivity index is 1.55. The summed E-state index contributed by atoms with van der Waals surface area (Å²) >= 11 is 0. The first-order chi connectivity index (χ1) is 17.8. The number of nitrogens with zero attached hydrogens (tertiary/aromatic N) is 1. The number of hydrogen-bond acceptors (Lipinski definition) is 5. The molecule has 206 valence electrons. The first kappa shape index (κ1) is 27.1. The van der Waals surface area contributed by atoms with Gasteiger partial charge in [-0.05, 0) is 111 Å². The highest BCUT2D eigenvalue weighted by atomic mass is 16.6. The molecule has 5 aliphatic carbocycles. The number of methoxy groups -OCH3 is 1. The molecule has 6 atom stereocenters. The highest BCUT2D eigenvalue weighted by Gasteiger charge is 2.65. The lowest BCUT2D eigenvalue weighted by Crippen LogP contribution is -2.59. The molecule has 0 aromatic carbocycles. The lowest BCUT2D eigenvalue weighted by atomic mass is 9.36. The molecule has 0 aromatic rings. The number of fused-ring (bicyclic) bond motifs is 7. The predicted molar refractivity (Wildman–Crippen MR) is 151 cm³/mol. The van der Waals surface area contributed by atoms with Gasteiger partial charge in [-0.25, -0.2) is 4.79 Å².